The molecule has 0 aliphatic carbocycles. The van der Waals surface area contributed by atoms with Crippen LogP contribution in [0.2, 0.25) is 0 Å². The number of hydrogen-bond donors (Lipinski definition) is 1. The fourth-order valence-electron chi connectivity index (χ4n) is 5.37. The number of benzene rings is 1. The van der Waals surface area contributed by atoms with Crippen LogP contribution >= 0.6 is 0 Å². The first kappa shape index (κ1) is 29.1. The Kier molecular flexibility index (Phi) is 9.14. The van der Waals surface area contributed by atoms with Gasteiger partial charge < -0.3 is 28.8 Å². The van der Waals surface area contributed by atoms with Gasteiger partial charge in [-0.1, -0.05) is 26.0 Å². The van der Waals surface area contributed by atoms with E-state index in [2.05, 4.69) is 23.7 Å². The number of nitrogens with zero attached hydrogens (tertiary/aromatic N) is 4. The number of fused-ring (bicyclic) bond motifs is 1. The zero-order valence-corrected chi connectivity index (χ0v) is 24.4. The minimum absolute atomic E-state index is 0.0311. The molecule has 1 saturated heterocycles. The van der Waals surface area contributed by atoms with Gasteiger partial charge in [-0.2, -0.15) is 0 Å². The average Bonchev–Trinajstić information content (AvgIpc) is 3.42. The Morgan fingerprint density at radius 3 is 2.38 bits per heavy atom. The number of aliphatic hydroxyl groups excluding tert-OH is 1. The van der Waals surface area contributed by atoms with Crippen molar-refractivity contribution in [3.8, 4) is 11.5 Å². The van der Waals surface area contributed by atoms with Crippen molar-refractivity contribution < 1.29 is 24.2 Å². The molecule has 2 aromatic heterocycles. The molecule has 3 heterocycles. The lowest BCUT2D eigenvalue weighted by molar-refractivity contribution is -0.140. The third-order valence-corrected chi connectivity index (χ3v) is 7.50. The predicted octanol–water partition coefficient (Wildman–Crippen LogP) is 4.90. The van der Waals surface area contributed by atoms with Gasteiger partial charge in [0.1, 0.15) is 11.3 Å². The zero-order valence-electron chi connectivity index (χ0n) is 24.4. The largest absolute Gasteiger partial charge is 0.505 e. The number of ketones is 1. The summed E-state index contributed by atoms with van der Waals surface area (Å²) in [5.74, 6) is -0.517. The number of Topliss-reactive ketones (excluding diaryl/α,β-unsaturated/α-hetero) is 1. The number of rotatable bonds is 12. The number of carbonyl (C=O) groups excluding carboxylic acids is 2. The molecular weight excluding hydrogens is 508 g/mol. The molecule has 1 amide bonds. The number of hydrogen-bond acceptors (Lipinski definition) is 7. The molecule has 1 unspecified atom stereocenters. The quantitative estimate of drug-likeness (QED) is 0.195. The van der Waals surface area contributed by atoms with E-state index in [0.29, 0.717) is 54.6 Å². The van der Waals surface area contributed by atoms with Gasteiger partial charge in [-0.3, -0.25) is 9.59 Å². The molecule has 1 aliphatic heterocycles. The highest BCUT2D eigenvalue weighted by Crippen LogP contribution is 2.42. The number of imidazole rings is 1. The van der Waals surface area contributed by atoms with Gasteiger partial charge in [0.25, 0.3) is 11.7 Å². The summed E-state index contributed by atoms with van der Waals surface area (Å²) in [6.07, 6.45) is 2.55. The Morgan fingerprint density at radius 2 is 1.73 bits per heavy atom. The van der Waals surface area contributed by atoms with Crippen LogP contribution in [0, 0.1) is 13.8 Å². The Labute approximate surface area is 236 Å². The van der Waals surface area contributed by atoms with Crippen molar-refractivity contribution in [2.45, 2.75) is 54.0 Å². The first-order chi connectivity index (χ1) is 19.3. The molecule has 0 saturated carbocycles. The molecule has 40 heavy (non-hydrogen) atoms. The monoisotopic (exact) mass is 548 g/mol. The highest BCUT2D eigenvalue weighted by molar-refractivity contribution is 6.46. The van der Waals surface area contributed by atoms with Crippen molar-refractivity contribution in [1.82, 2.24) is 19.2 Å². The Morgan fingerprint density at radius 1 is 1.02 bits per heavy atom. The van der Waals surface area contributed by atoms with Gasteiger partial charge >= 0.3 is 0 Å². The number of amides is 1. The highest BCUT2D eigenvalue weighted by atomic mass is 16.5. The van der Waals surface area contributed by atoms with E-state index in [-0.39, 0.29) is 17.0 Å². The lowest BCUT2D eigenvalue weighted by atomic mass is 9.96. The van der Waals surface area contributed by atoms with Crippen LogP contribution in [0.1, 0.15) is 62.7 Å². The van der Waals surface area contributed by atoms with Gasteiger partial charge in [0.15, 0.2) is 17.3 Å². The van der Waals surface area contributed by atoms with Crippen molar-refractivity contribution >= 4 is 23.1 Å². The normalized spacial score (nSPS) is 16.9. The van der Waals surface area contributed by atoms with E-state index in [0.717, 1.165) is 25.2 Å². The fraction of sp³-hybridized carbons (Fsp3) is 0.452. The van der Waals surface area contributed by atoms with Crippen LogP contribution in [0.4, 0.5) is 0 Å². The number of aliphatic hydroxyl groups is 1. The molecule has 9 nitrogen and oxygen atoms in total. The summed E-state index contributed by atoms with van der Waals surface area (Å²) in [6.45, 7) is 15.6. The van der Waals surface area contributed by atoms with Crippen molar-refractivity contribution in [3.63, 3.8) is 0 Å². The maximum Gasteiger partial charge on any atom is 0.295 e. The first-order valence-electron chi connectivity index (χ1n) is 14.1. The van der Waals surface area contributed by atoms with Gasteiger partial charge in [-0.15, -0.1) is 0 Å². The SMILES string of the molecule is CCOc1ccc(C2C(=C(O)c3nc4c(C)cccn4c3C)C(=O)C(=O)N2CCCN(CC)CC)cc1OCC. The highest BCUT2D eigenvalue weighted by Gasteiger charge is 2.46. The molecule has 0 spiro atoms. The number of pyridine rings is 1. The second-order valence-electron chi connectivity index (χ2n) is 9.88. The zero-order chi connectivity index (χ0) is 29.0. The van der Waals surface area contributed by atoms with Crippen molar-refractivity contribution in [3.05, 3.63) is 64.6 Å². The van der Waals surface area contributed by atoms with Gasteiger partial charge in [0, 0.05) is 12.7 Å². The second kappa shape index (κ2) is 12.6. The summed E-state index contributed by atoms with van der Waals surface area (Å²) >= 11 is 0. The van der Waals surface area contributed by atoms with Crippen LogP contribution in [0.15, 0.2) is 42.1 Å². The minimum Gasteiger partial charge on any atom is -0.505 e. The molecule has 1 fully saturated rings. The molecule has 4 rings (SSSR count). The summed E-state index contributed by atoms with van der Waals surface area (Å²) < 4.78 is 13.5. The molecule has 1 aromatic carbocycles. The third-order valence-electron chi connectivity index (χ3n) is 7.50. The molecule has 1 N–H and O–H groups in total. The van der Waals surface area contributed by atoms with Gasteiger partial charge in [-0.05, 0) is 83.1 Å². The summed E-state index contributed by atoms with van der Waals surface area (Å²) in [6, 6.07) is 8.47. The molecular formula is C31H40N4O5. The first-order valence-corrected chi connectivity index (χ1v) is 14.1. The van der Waals surface area contributed by atoms with E-state index in [1.807, 2.05) is 56.5 Å². The van der Waals surface area contributed by atoms with Crippen LogP contribution in [0.5, 0.6) is 11.5 Å². The second-order valence-corrected chi connectivity index (χ2v) is 9.88. The Balaban J connectivity index is 1.86. The van der Waals surface area contributed by atoms with Gasteiger partial charge in [0.05, 0.1) is 30.5 Å². The standard InChI is InChI=1S/C31H40N4O5/c1-7-33(8-2)16-12-18-35-27(22-14-15-23(39-9-3)24(19-22)40-10-4)25(29(37)31(35)38)28(36)26-21(6)34-17-11-13-20(5)30(34)32-26/h11,13-15,17,19,27,36H,7-10,12,16,18H2,1-6H3. The fourth-order valence-corrected chi connectivity index (χ4v) is 5.37. The molecule has 214 valence electrons. The molecule has 9 heteroatoms. The van der Waals surface area contributed by atoms with Gasteiger partial charge in [-0.25, -0.2) is 4.98 Å². The van der Waals surface area contributed by atoms with E-state index in [1.165, 1.54) is 0 Å². The lowest BCUT2D eigenvalue weighted by Gasteiger charge is -2.27. The van der Waals surface area contributed by atoms with Crippen molar-refractivity contribution in [2.75, 3.05) is 39.4 Å². The molecule has 3 aromatic rings. The molecule has 1 atom stereocenters. The number of ether oxygens (including phenoxy) is 2. The smallest absolute Gasteiger partial charge is 0.295 e. The van der Waals surface area contributed by atoms with Crippen molar-refractivity contribution in [1.29, 1.82) is 0 Å². The number of likely N-dealkylation sites (tertiary alicyclic amines) is 1. The van der Waals surface area contributed by atoms with Crippen molar-refractivity contribution in [2.24, 2.45) is 0 Å². The van der Waals surface area contributed by atoms with Gasteiger partial charge in [0.2, 0.25) is 0 Å². The van der Waals surface area contributed by atoms with E-state index in [4.69, 9.17) is 9.47 Å². The number of carbonyl (C=O) groups is 2. The van der Waals surface area contributed by atoms with Crippen LogP contribution in [0.25, 0.3) is 11.4 Å². The number of aromatic nitrogens is 2. The average molecular weight is 549 g/mol. The van der Waals surface area contributed by atoms with E-state index >= 15 is 0 Å². The molecule has 0 bridgehead atoms. The topological polar surface area (TPSA) is 96.6 Å². The molecule has 0 radical (unpaired) electrons. The van der Waals surface area contributed by atoms with E-state index < -0.39 is 17.7 Å². The van der Waals surface area contributed by atoms with Crippen LogP contribution < -0.4 is 9.47 Å². The third kappa shape index (κ3) is 5.43. The van der Waals surface area contributed by atoms with Crippen LogP contribution in [0.3, 0.4) is 0 Å². The van der Waals surface area contributed by atoms with E-state index in [1.54, 1.807) is 17.0 Å². The summed E-state index contributed by atoms with van der Waals surface area (Å²) in [5.41, 5.74) is 3.29. The number of aryl methyl sites for hydroxylation is 2. The van der Waals surface area contributed by atoms with E-state index in [9.17, 15) is 14.7 Å². The minimum atomic E-state index is -0.795. The Hall–Kier alpha value is -3.85. The van der Waals surface area contributed by atoms with Crippen LogP contribution in [-0.4, -0.2) is 75.4 Å². The summed E-state index contributed by atoms with van der Waals surface area (Å²) in [7, 11) is 0. The van der Waals surface area contributed by atoms with Crippen LogP contribution in [-0.2, 0) is 9.59 Å². The maximum absolute atomic E-state index is 13.6. The summed E-state index contributed by atoms with van der Waals surface area (Å²) in [4.78, 5) is 35.6. The lowest BCUT2D eigenvalue weighted by Crippen LogP contribution is -2.33. The maximum atomic E-state index is 13.6. The predicted molar refractivity (Wildman–Crippen MR) is 155 cm³/mol. The molecule has 1 aliphatic rings. The summed E-state index contributed by atoms with van der Waals surface area (Å²) in [5, 5.41) is 11.7. The Bertz CT molecular complexity index is 1420.